The van der Waals surface area contributed by atoms with Crippen molar-refractivity contribution >= 4 is 23.2 Å². The molecule has 0 bridgehead atoms. The molecule has 0 radical (unpaired) electrons. The molecule has 0 aliphatic rings. The lowest BCUT2D eigenvalue weighted by molar-refractivity contribution is -0.138. The summed E-state index contributed by atoms with van der Waals surface area (Å²) in [4.78, 5) is 28.4. The number of nitrogens with zero attached hydrogens (tertiary/aromatic N) is 2. The average Bonchev–Trinajstić information content (AvgIpc) is 2.92. The van der Waals surface area contributed by atoms with Crippen LogP contribution in [0.3, 0.4) is 0 Å². The first-order valence-corrected chi connectivity index (χ1v) is 7.85. The fourth-order valence-corrected chi connectivity index (χ4v) is 2.79. The molecule has 1 N–H and O–H groups in total. The molecule has 22 heavy (non-hydrogen) atoms. The van der Waals surface area contributed by atoms with Gasteiger partial charge in [0, 0.05) is 25.4 Å². The summed E-state index contributed by atoms with van der Waals surface area (Å²) >= 11 is 1.54. The van der Waals surface area contributed by atoms with Crippen molar-refractivity contribution < 1.29 is 14.7 Å². The number of likely N-dealkylation sites (N-methyl/N-ethyl adjacent to an activating group) is 1. The maximum absolute atomic E-state index is 12.0. The van der Waals surface area contributed by atoms with Crippen LogP contribution in [-0.4, -0.2) is 40.5 Å². The molecule has 2 rings (SSSR count). The zero-order valence-electron chi connectivity index (χ0n) is 12.4. The standard InChI is InChI=1S/C16H18N2O3S/c1-18(8-7-16(20)21)15(19)10-13-11-22-14(17-13)9-12-5-3-2-4-6-12/h2-6,11H,7-10H2,1H3,(H,20,21). The van der Waals surface area contributed by atoms with Crippen molar-refractivity contribution in [2.75, 3.05) is 13.6 Å². The zero-order valence-corrected chi connectivity index (χ0v) is 13.2. The van der Waals surface area contributed by atoms with Gasteiger partial charge in [-0.3, -0.25) is 9.59 Å². The molecule has 6 heteroatoms. The topological polar surface area (TPSA) is 70.5 Å². The second-order valence-electron chi connectivity index (χ2n) is 5.03. The highest BCUT2D eigenvalue weighted by atomic mass is 32.1. The minimum atomic E-state index is -0.904. The third-order valence-electron chi connectivity index (χ3n) is 3.22. The summed E-state index contributed by atoms with van der Waals surface area (Å²) in [6.45, 7) is 0.217. The molecule has 0 saturated carbocycles. The van der Waals surface area contributed by atoms with Crippen LogP contribution in [-0.2, 0) is 22.4 Å². The van der Waals surface area contributed by atoms with Crippen molar-refractivity contribution in [2.45, 2.75) is 19.3 Å². The van der Waals surface area contributed by atoms with E-state index in [1.54, 1.807) is 18.4 Å². The summed E-state index contributed by atoms with van der Waals surface area (Å²) in [5.41, 5.74) is 1.93. The van der Waals surface area contributed by atoms with Crippen LogP contribution < -0.4 is 0 Å². The van der Waals surface area contributed by atoms with Crippen molar-refractivity contribution in [1.29, 1.82) is 0 Å². The number of rotatable bonds is 7. The Kier molecular flexibility index (Phi) is 5.66. The average molecular weight is 318 g/mol. The van der Waals surface area contributed by atoms with Crippen LogP contribution in [0.2, 0.25) is 0 Å². The van der Waals surface area contributed by atoms with Crippen LogP contribution in [0.5, 0.6) is 0 Å². The van der Waals surface area contributed by atoms with E-state index in [1.807, 2.05) is 35.7 Å². The summed E-state index contributed by atoms with van der Waals surface area (Å²) in [7, 11) is 1.61. The van der Waals surface area contributed by atoms with Gasteiger partial charge in [0.15, 0.2) is 0 Å². The van der Waals surface area contributed by atoms with Crippen LogP contribution in [0.1, 0.15) is 22.7 Å². The highest BCUT2D eigenvalue weighted by Crippen LogP contribution is 2.15. The molecule has 1 amide bonds. The smallest absolute Gasteiger partial charge is 0.305 e. The maximum atomic E-state index is 12.0. The lowest BCUT2D eigenvalue weighted by Crippen LogP contribution is -2.30. The van der Waals surface area contributed by atoms with Gasteiger partial charge in [0.1, 0.15) is 0 Å². The number of amides is 1. The summed E-state index contributed by atoms with van der Waals surface area (Å²) in [5, 5.41) is 11.5. The predicted molar refractivity (Wildman–Crippen MR) is 85.0 cm³/mol. The Balaban J connectivity index is 1.89. The van der Waals surface area contributed by atoms with Crippen LogP contribution in [0.15, 0.2) is 35.7 Å². The van der Waals surface area contributed by atoms with Crippen LogP contribution >= 0.6 is 11.3 Å². The number of carbonyl (C=O) groups is 2. The van der Waals surface area contributed by atoms with Crippen LogP contribution in [0.4, 0.5) is 0 Å². The summed E-state index contributed by atoms with van der Waals surface area (Å²) in [6.07, 6.45) is 0.925. The van der Waals surface area contributed by atoms with Gasteiger partial charge in [0.2, 0.25) is 5.91 Å². The molecule has 0 aliphatic carbocycles. The van der Waals surface area contributed by atoms with E-state index < -0.39 is 5.97 Å². The molecule has 2 aromatic rings. The first kappa shape index (κ1) is 16.2. The van der Waals surface area contributed by atoms with E-state index in [0.717, 1.165) is 17.1 Å². The molecule has 0 spiro atoms. The number of thiazole rings is 1. The second kappa shape index (κ2) is 7.70. The SMILES string of the molecule is CN(CCC(=O)O)C(=O)Cc1csc(Cc2ccccc2)n1. The monoisotopic (exact) mass is 318 g/mol. The largest absolute Gasteiger partial charge is 0.481 e. The van der Waals surface area contributed by atoms with E-state index in [4.69, 9.17) is 5.11 Å². The summed E-state index contributed by atoms with van der Waals surface area (Å²) < 4.78 is 0. The molecule has 5 nitrogen and oxygen atoms in total. The molecule has 1 heterocycles. The molecule has 116 valence electrons. The Bertz CT molecular complexity index is 640. The molecular weight excluding hydrogens is 300 g/mol. The fraction of sp³-hybridized carbons (Fsp3) is 0.312. The Morgan fingerprint density at radius 1 is 1.27 bits per heavy atom. The number of carbonyl (C=O) groups excluding carboxylic acids is 1. The lowest BCUT2D eigenvalue weighted by Gasteiger charge is -2.15. The highest BCUT2D eigenvalue weighted by molar-refractivity contribution is 7.09. The molecule has 0 fully saturated rings. The summed E-state index contributed by atoms with van der Waals surface area (Å²) in [6, 6.07) is 10.1. The van der Waals surface area contributed by atoms with Gasteiger partial charge in [0.05, 0.1) is 23.5 Å². The third kappa shape index (κ3) is 4.96. The molecule has 1 aromatic heterocycles. The number of aromatic nitrogens is 1. The number of hydrogen-bond acceptors (Lipinski definition) is 4. The van der Waals surface area contributed by atoms with Crippen molar-refractivity contribution in [3.05, 3.63) is 52.0 Å². The van der Waals surface area contributed by atoms with E-state index in [-0.39, 0.29) is 25.3 Å². The Morgan fingerprint density at radius 2 is 2.00 bits per heavy atom. The fourth-order valence-electron chi connectivity index (χ4n) is 1.96. The molecule has 0 atom stereocenters. The number of benzene rings is 1. The van der Waals surface area contributed by atoms with Gasteiger partial charge >= 0.3 is 5.97 Å². The van der Waals surface area contributed by atoms with Crippen molar-refractivity contribution in [2.24, 2.45) is 0 Å². The molecule has 1 aromatic carbocycles. The van der Waals surface area contributed by atoms with Gasteiger partial charge in [-0.25, -0.2) is 4.98 Å². The van der Waals surface area contributed by atoms with Gasteiger partial charge in [-0.05, 0) is 5.56 Å². The number of carboxylic acid groups (broad SMARTS) is 1. The minimum absolute atomic E-state index is 0.0431. The summed E-state index contributed by atoms with van der Waals surface area (Å²) in [5.74, 6) is -1.02. The van der Waals surface area contributed by atoms with Gasteiger partial charge in [0.25, 0.3) is 0 Å². The highest BCUT2D eigenvalue weighted by Gasteiger charge is 2.13. The van der Waals surface area contributed by atoms with Gasteiger partial charge in [-0.2, -0.15) is 0 Å². The molecule has 0 unspecified atom stereocenters. The number of hydrogen-bond donors (Lipinski definition) is 1. The third-order valence-corrected chi connectivity index (χ3v) is 4.11. The molecule has 0 aliphatic heterocycles. The van der Waals surface area contributed by atoms with E-state index in [9.17, 15) is 9.59 Å². The van der Waals surface area contributed by atoms with Crippen molar-refractivity contribution in [3.63, 3.8) is 0 Å². The molecule has 0 saturated heterocycles. The molecular formula is C16H18N2O3S. The van der Waals surface area contributed by atoms with Gasteiger partial charge in [-0.1, -0.05) is 30.3 Å². The van der Waals surface area contributed by atoms with Crippen molar-refractivity contribution in [3.8, 4) is 0 Å². The zero-order chi connectivity index (χ0) is 15.9. The minimum Gasteiger partial charge on any atom is -0.481 e. The predicted octanol–water partition coefficient (Wildman–Crippen LogP) is 2.21. The Labute approximate surface area is 133 Å². The van der Waals surface area contributed by atoms with Gasteiger partial charge in [-0.15, -0.1) is 11.3 Å². The van der Waals surface area contributed by atoms with Crippen LogP contribution in [0, 0.1) is 0 Å². The van der Waals surface area contributed by atoms with E-state index in [1.165, 1.54) is 10.5 Å². The van der Waals surface area contributed by atoms with Crippen LogP contribution in [0.25, 0.3) is 0 Å². The maximum Gasteiger partial charge on any atom is 0.305 e. The first-order chi connectivity index (χ1) is 10.5. The number of aliphatic carboxylic acids is 1. The Morgan fingerprint density at radius 3 is 2.68 bits per heavy atom. The second-order valence-corrected chi connectivity index (χ2v) is 5.97. The number of carboxylic acids is 1. The normalized spacial score (nSPS) is 10.4. The van der Waals surface area contributed by atoms with Crippen molar-refractivity contribution in [1.82, 2.24) is 9.88 Å². The quantitative estimate of drug-likeness (QED) is 0.849. The van der Waals surface area contributed by atoms with E-state index >= 15 is 0 Å². The van der Waals surface area contributed by atoms with E-state index in [2.05, 4.69) is 4.98 Å². The lowest BCUT2D eigenvalue weighted by atomic mass is 10.2. The Hall–Kier alpha value is -2.21. The van der Waals surface area contributed by atoms with E-state index in [0.29, 0.717) is 0 Å². The first-order valence-electron chi connectivity index (χ1n) is 6.97. The van der Waals surface area contributed by atoms with Gasteiger partial charge < -0.3 is 10.0 Å².